The molecule has 21 heavy (non-hydrogen) atoms. The van der Waals surface area contributed by atoms with Crippen LogP contribution in [0.25, 0.3) is 0 Å². The first-order valence-electron chi connectivity index (χ1n) is 5.68. The predicted octanol–water partition coefficient (Wildman–Crippen LogP) is 4.10. The summed E-state index contributed by atoms with van der Waals surface area (Å²) in [6.45, 7) is 0. The summed E-state index contributed by atoms with van der Waals surface area (Å²) in [6.07, 6.45) is 0. The summed E-state index contributed by atoms with van der Waals surface area (Å²) in [7, 11) is 1.54. The van der Waals surface area contributed by atoms with Crippen molar-refractivity contribution in [2.24, 2.45) is 0 Å². The molecule has 1 aromatic heterocycles. The van der Waals surface area contributed by atoms with Gasteiger partial charge < -0.3 is 15.8 Å². The molecule has 0 bridgehead atoms. The summed E-state index contributed by atoms with van der Waals surface area (Å²) in [6, 6.07) is 6.36. The number of aromatic nitrogens is 1. The summed E-state index contributed by atoms with van der Waals surface area (Å²) in [5, 5.41) is 2.91. The Morgan fingerprint density at radius 3 is 2.62 bits per heavy atom. The van der Waals surface area contributed by atoms with Crippen LogP contribution < -0.4 is 15.8 Å². The Kier molecular flexibility index (Phi) is 5.08. The average molecular weight is 436 g/mol. The molecule has 0 radical (unpaired) electrons. The number of nitrogen functional groups attached to an aromatic ring is 1. The summed E-state index contributed by atoms with van der Waals surface area (Å²) in [5.41, 5.74) is 6.46. The Bertz CT molecular complexity index is 690. The van der Waals surface area contributed by atoms with E-state index in [2.05, 4.69) is 42.2 Å². The van der Waals surface area contributed by atoms with E-state index < -0.39 is 0 Å². The molecule has 0 saturated heterocycles. The van der Waals surface area contributed by atoms with Crippen LogP contribution in [-0.4, -0.2) is 18.0 Å². The topological polar surface area (TPSA) is 77.2 Å². The van der Waals surface area contributed by atoms with Crippen molar-refractivity contribution in [1.29, 1.82) is 0 Å². The lowest BCUT2D eigenvalue weighted by Crippen LogP contribution is -2.13. The molecule has 3 N–H and O–H groups in total. The van der Waals surface area contributed by atoms with Crippen molar-refractivity contribution in [2.75, 3.05) is 18.2 Å². The largest absolute Gasteiger partial charge is 0.495 e. The van der Waals surface area contributed by atoms with Gasteiger partial charge in [-0.2, -0.15) is 0 Å². The third kappa shape index (κ3) is 3.87. The van der Waals surface area contributed by atoms with Crippen molar-refractivity contribution in [3.63, 3.8) is 0 Å². The molecule has 0 spiro atoms. The molecule has 2 aromatic rings. The van der Waals surface area contributed by atoms with Crippen molar-refractivity contribution in [3.05, 3.63) is 43.9 Å². The number of carbonyl (C=O) groups excluding carboxylic acids is 1. The number of carbonyl (C=O) groups is 1. The molecule has 0 aliphatic heterocycles. The van der Waals surface area contributed by atoms with Crippen LogP contribution in [0.15, 0.2) is 33.2 Å². The number of nitrogens with two attached hydrogens (primary N) is 1. The molecule has 5 nitrogen and oxygen atoms in total. The molecule has 0 aliphatic carbocycles. The van der Waals surface area contributed by atoms with Crippen molar-refractivity contribution >= 4 is 60.9 Å². The number of halogens is 3. The van der Waals surface area contributed by atoms with Gasteiger partial charge in [0.25, 0.3) is 5.91 Å². The zero-order valence-electron chi connectivity index (χ0n) is 10.8. The maximum atomic E-state index is 12.2. The summed E-state index contributed by atoms with van der Waals surface area (Å²) in [5.74, 6) is 0.428. The number of benzene rings is 1. The number of hydrogen-bond acceptors (Lipinski definition) is 4. The van der Waals surface area contributed by atoms with Gasteiger partial charge in [0, 0.05) is 16.1 Å². The standard InChI is InChI=1S/C13H10Br2ClN3O2/c1-21-10-5-9(7(14)4-8(10)15)18-13(20)6-2-11(16)19-12(17)3-6/h2-5H,1H3,(H2,17,19)(H,18,20). The Morgan fingerprint density at radius 2 is 2.00 bits per heavy atom. The van der Waals surface area contributed by atoms with Crippen LogP contribution in [0.2, 0.25) is 5.15 Å². The van der Waals surface area contributed by atoms with E-state index >= 15 is 0 Å². The molecule has 0 unspecified atom stereocenters. The number of ether oxygens (including phenoxy) is 1. The second kappa shape index (κ2) is 6.64. The lowest BCUT2D eigenvalue weighted by atomic mass is 10.2. The maximum absolute atomic E-state index is 12.2. The number of nitrogens with zero attached hydrogens (tertiary/aromatic N) is 1. The third-order valence-corrected chi connectivity index (χ3v) is 4.04. The SMILES string of the molecule is COc1cc(NC(=O)c2cc(N)nc(Cl)c2)c(Br)cc1Br. The molecule has 1 aromatic carbocycles. The molecule has 0 atom stereocenters. The first kappa shape index (κ1) is 16.1. The van der Waals surface area contributed by atoms with E-state index in [4.69, 9.17) is 22.1 Å². The molecule has 110 valence electrons. The minimum Gasteiger partial charge on any atom is -0.495 e. The summed E-state index contributed by atoms with van der Waals surface area (Å²) >= 11 is 12.5. The molecule has 0 aliphatic rings. The van der Waals surface area contributed by atoms with Gasteiger partial charge in [-0.3, -0.25) is 4.79 Å². The summed E-state index contributed by atoms with van der Waals surface area (Å²) in [4.78, 5) is 16.0. The molecule has 1 amide bonds. The van der Waals surface area contributed by atoms with Gasteiger partial charge in [-0.1, -0.05) is 11.6 Å². The van der Waals surface area contributed by atoms with E-state index in [1.54, 1.807) is 19.2 Å². The van der Waals surface area contributed by atoms with Crippen molar-refractivity contribution in [2.45, 2.75) is 0 Å². The minimum absolute atomic E-state index is 0.160. The quantitative estimate of drug-likeness (QED) is 0.712. The normalized spacial score (nSPS) is 10.3. The van der Waals surface area contributed by atoms with Crippen LogP contribution in [0, 0.1) is 0 Å². The number of methoxy groups -OCH3 is 1. The molecular weight excluding hydrogens is 425 g/mol. The highest BCUT2D eigenvalue weighted by Crippen LogP contribution is 2.34. The van der Waals surface area contributed by atoms with Gasteiger partial charge in [0.1, 0.15) is 16.7 Å². The number of nitrogens with one attached hydrogen (secondary N) is 1. The highest BCUT2D eigenvalue weighted by molar-refractivity contribution is 9.11. The Morgan fingerprint density at radius 1 is 1.29 bits per heavy atom. The van der Waals surface area contributed by atoms with Crippen LogP contribution in [0.5, 0.6) is 5.75 Å². The van der Waals surface area contributed by atoms with E-state index in [0.717, 1.165) is 4.47 Å². The Hall–Kier alpha value is -1.31. The van der Waals surface area contributed by atoms with Gasteiger partial charge in [0.2, 0.25) is 0 Å². The zero-order chi connectivity index (χ0) is 15.6. The molecule has 2 rings (SSSR count). The Labute approximate surface area is 143 Å². The Balaban J connectivity index is 2.31. The fraction of sp³-hybridized carbons (Fsp3) is 0.0769. The smallest absolute Gasteiger partial charge is 0.255 e. The van der Waals surface area contributed by atoms with Gasteiger partial charge in [0.05, 0.1) is 17.3 Å². The monoisotopic (exact) mass is 433 g/mol. The molecule has 0 fully saturated rings. The molecular formula is C13H10Br2ClN3O2. The van der Waals surface area contributed by atoms with Gasteiger partial charge >= 0.3 is 0 Å². The van der Waals surface area contributed by atoms with E-state index in [1.807, 2.05) is 0 Å². The number of rotatable bonds is 3. The van der Waals surface area contributed by atoms with Crippen molar-refractivity contribution in [3.8, 4) is 5.75 Å². The van der Waals surface area contributed by atoms with Crippen molar-refractivity contribution in [1.82, 2.24) is 4.98 Å². The molecule has 0 saturated carbocycles. The minimum atomic E-state index is -0.351. The molecule has 8 heteroatoms. The predicted molar refractivity (Wildman–Crippen MR) is 90.0 cm³/mol. The van der Waals surface area contributed by atoms with E-state index in [-0.39, 0.29) is 16.9 Å². The summed E-state index contributed by atoms with van der Waals surface area (Å²) < 4.78 is 6.67. The van der Waals surface area contributed by atoms with Gasteiger partial charge in [-0.15, -0.1) is 0 Å². The third-order valence-electron chi connectivity index (χ3n) is 2.57. The number of hydrogen-bond donors (Lipinski definition) is 2. The van der Waals surface area contributed by atoms with Gasteiger partial charge in [-0.25, -0.2) is 4.98 Å². The lowest BCUT2D eigenvalue weighted by molar-refractivity contribution is 0.102. The number of anilines is 2. The lowest BCUT2D eigenvalue weighted by Gasteiger charge is -2.11. The zero-order valence-corrected chi connectivity index (χ0v) is 14.7. The second-order valence-corrected chi connectivity index (χ2v) is 6.12. The van der Waals surface area contributed by atoms with Crippen LogP contribution in [0.3, 0.4) is 0 Å². The fourth-order valence-electron chi connectivity index (χ4n) is 1.62. The number of amides is 1. The second-order valence-electron chi connectivity index (χ2n) is 4.02. The van der Waals surface area contributed by atoms with E-state index in [0.29, 0.717) is 21.5 Å². The average Bonchev–Trinajstić information content (AvgIpc) is 2.40. The van der Waals surface area contributed by atoms with Gasteiger partial charge in [-0.05, 0) is 50.1 Å². The van der Waals surface area contributed by atoms with Crippen LogP contribution >= 0.6 is 43.5 Å². The van der Waals surface area contributed by atoms with Crippen LogP contribution in [0.4, 0.5) is 11.5 Å². The van der Waals surface area contributed by atoms with Crippen LogP contribution in [0.1, 0.15) is 10.4 Å². The molecule has 1 heterocycles. The maximum Gasteiger partial charge on any atom is 0.255 e. The highest BCUT2D eigenvalue weighted by Gasteiger charge is 2.13. The fourth-order valence-corrected chi connectivity index (χ4v) is 3.09. The van der Waals surface area contributed by atoms with E-state index in [9.17, 15) is 4.79 Å². The number of pyridine rings is 1. The van der Waals surface area contributed by atoms with Crippen LogP contribution in [-0.2, 0) is 0 Å². The van der Waals surface area contributed by atoms with Gasteiger partial charge in [0.15, 0.2) is 0 Å². The van der Waals surface area contributed by atoms with E-state index in [1.165, 1.54) is 12.1 Å². The first-order valence-corrected chi connectivity index (χ1v) is 7.64. The van der Waals surface area contributed by atoms with Crippen molar-refractivity contribution < 1.29 is 9.53 Å². The highest BCUT2D eigenvalue weighted by atomic mass is 79.9. The first-order chi connectivity index (χ1) is 9.90.